The third-order valence-electron chi connectivity index (χ3n) is 6.39. The van der Waals surface area contributed by atoms with Crippen LogP contribution in [-0.4, -0.2) is 14.7 Å². The monoisotopic (exact) mass is 452 g/mol. The van der Waals surface area contributed by atoms with Gasteiger partial charge in [-0.1, -0.05) is 50.2 Å². The molecule has 33 heavy (non-hydrogen) atoms. The van der Waals surface area contributed by atoms with Crippen molar-refractivity contribution < 1.29 is 0 Å². The van der Waals surface area contributed by atoms with Crippen LogP contribution in [0.15, 0.2) is 91.3 Å². The molecule has 2 atom stereocenters. The first kappa shape index (κ1) is 21.4. The Hall–Kier alpha value is -3.44. The van der Waals surface area contributed by atoms with Crippen LogP contribution in [0.25, 0.3) is 5.69 Å². The fourth-order valence-electron chi connectivity index (χ4n) is 4.64. The van der Waals surface area contributed by atoms with Crippen LogP contribution in [-0.2, 0) is 0 Å². The first-order chi connectivity index (χ1) is 16.0. The number of nitrogens with zero attached hydrogens (tertiary/aromatic N) is 3. The number of hydrogen-bond donors (Lipinski definition) is 1. The highest BCUT2D eigenvalue weighted by Crippen LogP contribution is 2.42. The van der Waals surface area contributed by atoms with E-state index in [4.69, 9.17) is 12.2 Å². The summed E-state index contributed by atoms with van der Waals surface area (Å²) in [4.78, 5) is 6.92. The second-order valence-electron chi connectivity index (χ2n) is 8.83. The van der Waals surface area contributed by atoms with Crippen molar-refractivity contribution in [3.8, 4) is 5.69 Å². The molecule has 2 aromatic heterocycles. The zero-order valence-corrected chi connectivity index (χ0v) is 20.0. The van der Waals surface area contributed by atoms with Gasteiger partial charge in [-0.05, 0) is 78.7 Å². The predicted octanol–water partition coefficient (Wildman–Crippen LogP) is 6.48. The van der Waals surface area contributed by atoms with Gasteiger partial charge in [0.15, 0.2) is 5.11 Å². The van der Waals surface area contributed by atoms with Gasteiger partial charge in [0.2, 0.25) is 0 Å². The standard InChI is InChI=1S/C28H28N4S/c1-19(2)21-13-15-22(16-14-21)32-27(26(30-28(32)33)23-10-6-7-17-29-23)25-12-8-18-31(25)24-11-5-4-9-20(24)3/h4-19,26-27H,1-3H3,(H,30,33)/t26-,27-/m1/s1. The van der Waals surface area contributed by atoms with Crippen LogP contribution >= 0.6 is 12.2 Å². The lowest BCUT2D eigenvalue weighted by Gasteiger charge is -2.29. The fourth-order valence-corrected chi connectivity index (χ4v) is 4.99. The Morgan fingerprint density at radius 2 is 1.67 bits per heavy atom. The minimum absolute atomic E-state index is 0.0492. The van der Waals surface area contributed by atoms with Gasteiger partial charge in [0.1, 0.15) is 6.04 Å². The third-order valence-corrected chi connectivity index (χ3v) is 6.71. The van der Waals surface area contributed by atoms with E-state index in [2.05, 4.69) is 113 Å². The molecule has 1 aliphatic rings. The van der Waals surface area contributed by atoms with Gasteiger partial charge < -0.3 is 14.8 Å². The zero-order chi connectivity index (χ0) is 22.9. The number of rotatable bonds is 5. The molecular weight excluding hydrogens is 424 g/mol. The van der Waals surface area contributed by atoms with Crippen LogP contribution in [0, 0.1) is 6.92 Å². The van der Waals surface area contributed by atoms with Gasteiger partial charge in [0.05, 0.1) is 11.7 Å². The number of anilines is 1. The van der Waals surface area contributed by atoms with Gasteiger partial charge >= 0.3 is 0 Å². The minimum atomic E-state index is -0.0684. The average Bonchev–Trinajstić information content (AvgIpc) is 3.44. The van der Waals surface area contributed by atoms with Crippen molar-refractivity contribution in [2.45, 2.75) is 38.8 Å². The lowest BCUT2D eigenvalue weighted by molar-refractivity contribution is 0.549. The van der Waals surface area contributed by atoms with Gasteiger partial charge in [-0.2, -0.15) is 0 Å². The van der Waals surface area contributed by atoms with Crippen molar-refractivity contribution in [2.75, 3.05) is 4.90 Å². The minimum Gasteiger partial charge on any atom is -0.351 e. The van der Waals surface area contributed by atoms with E-state index in [1.165, 1.54) is 22.5 Å². The molecule has 5 heteroatoms. The van der Waals surface area contributed by atoms with E-state index < -0.39 is 0 Å². The van der Waals surface area contributed by atoms with Crippen molar-refractivity contribution in [1.82, 2.24) is 14.9 Å². The van der Waals surface area contributed by atoms with Crippen LogP contribution in [0.1, 0.15) is 54.4 Å². The molecule has 0 bridgehead atoms. The second kappa shape index (κ2) is 8.83. The van der Waals surface area contributed by atoms with Crippen LogP contribution in [0.2, 0.25) is 0 Å². The fraction of sp³-hybridized carbons (Fsp3) is 0.214. The molecule has 0 unspecified atom stereocenters. The number of benzene rings is 2. The van der Waals surface area contributed by atoms with Crippen molar-refractivity contribution in [3.05, 3.63) is 114 Å². The SMILES string of the molecule is Cc1ccccc1-n1cccc1[C@@H]1[C@@H](c2ccccn2)NC(=S)N1c1ccc(C(C)C)cc1. The maximum Gasteiger partial charge on any atom is 0.174 e. The number of pyridine rings is 1. The van der Waals surface area contributed by atoms with E-state index >= 15 is 0 Å². The van der Waals surface area contributed by atoms with Crippen LogP contribution in [0.4, 0.5) is 5.69 Å². The first-order valence-electron chi connectivity index (χ1n) is 11.4. The summed E-state index contributed by atoms with van der Waals surface area (Å²) in [6.07, 6.45) is 3.98. The lowest BCUT2D eigenvalue weighted by Crippen LogP contribution is -2.30. The molecule has 0 radical (unpaired) electrons. The maximum atomic E-state index is 5.90. The summed E-state index contributed by atoms with van der Waals surface area (Å²) < 4.78 is 2.28. The number of hydrogen-bond acceptors (Lipinski definition) is 2. The molecule has 1 fully saturated rings. The maximum absolute atomic E-state index is 5.90. The van der Waals surface area contributed by atoms with Crippen LogP contribution in [0.5, 0.6) is 0 Å². The second-order valence-corrected chi connectivity index (χ2v) is 9.22. The van der Waals surface area contributed by atoms with Crippen LogP contribution in [0.3, 0.4) is 0 Å². The summed E-state index contributed by atoms with van der Waals surface area (Å²) in [5.41, 5.74) is 6.94. The van der Waals surface area contributed by atoms with Gasteiger partial charge in [0, 0.05) is 29.5 Å². The van der Waals surface area contributed by atoms with Crippen molar-refractivity contribution in [1.29, 1.82) is 0 Å². The van der Waals surface area contributed by atoms with E-state index in [9.17, 15) is 0 Å². The molecule has 2 aromatic carbocycles. The molecule has 166 valence electrons. The quantitative estimate of drug-likeness (QED) is 0.351. The normalized spacial score (nSPS) is 18.1. The molecule has 0 saturated carbocycles. The molecule has 0 amide bonds. The summed E-state index contributed by atoms with van der Waals surface area (Å²) in [6.45, 7) is 6.58. The summed E-state index contributed by atoms with van der Waals surface area (Å²) >= 11 is 5.90. The lowest BCUT2D eigenvalue weighted by atomic mass is 9.99. The number of nitrogens with one attached hydrogen (secondary N) is 1. The molecule has 0 aliphatic carbocycles. The number of thiocarbonyl (C=S) groups is 1. The van der Waals surface area contributed by atoms with E-state index in [0.29, 0.717) is 11.0 Å². The number of aryl methyl sites for hydroxylation is 1. The Morgan fingerprint density at radius 3 is 2.36 bits per heavy atom. The predicted molar refractivity (Wildman–Crippen MR) is 139 cm³/mol. The molecule has 0 spiro atoms. The first-order valence-corrected chi connectivity index (χ1v) is 11.8. The van der Waals surface area contributed by atoms with Gasteiger partial charge in [0.25, 0.3) is 0 Å². The van der Waals surface area contributed by atoms with E-state index in [0.717, 1.165) is 11.4 Å². The summed E-state index contributed by atoms with van der Waals surface area (Å²) in [7, 11) is 0. The Bertz CT molecular complexity index is 1260. The zero-order valence-electron chi connectivity index (χ0n) is 19.1. The molecule has 3 heterocycles. The highest BCUT2D eigenvalue weighted by atomic mass is 32.1. The Labute approximate surface area is 200 Å². The Balaban J connectivity index is 1.65. The topological polar surface area (TPSA) is 33.1 Å². The van der Waals surface area contributed by atoms with E-state index in [1.807, 2.05) is 18.3 Å². The van der Waals surface area contributed by atoms with Gasteiger partial charge in [-0.3, -0.25) is 4.98 Å². The van der Waals surface area contributed by atoms with Crippen molar-refractivity contribution in [3.63, 3.8) is 0 Å². The highest BCUT2D eigenvalue weighted by Gasteiger charge is 2.42. The van der Waals surface area contributed by atoms with Gasteiger partial charge in [-0.25, -0.2) is 0 Å². The summed E-state index contributed by atoms with van der Waals surface area (Å²) in [5, 5.41) is 4.28. The summed E-state index contributed by atoms with van der Waals surface area (Å²) in [6, 6.07) is 27.5. The van der Waals surface area contributed by atoms with E-state index in [-0.39, 0.29) is 12.1 Å². The molecule has 1 aliphatic heterocycles. The van der Waals surface area contributed by atoms with Crippen molar-refractivity contribution >= 4 is 23.0 Å². The van der Waals surface area contributed by atoms with E-state index in [1.54, 1.807) is 0 Å². The molecule has 4 aromatic rings. The molecule has 1 N–H and O–H groups in total. The molecule has 4 nitrogen and oxygen atoms in total. The summed E-state index contributed by atoms with van der Waals surface area (Å²) in [5.74, 6) is 0.484. The Kier molecular flexibility index (Phi) is 5.73. The Morgan fingerprint density at radius 1 is 0.909 bits per heavy atom. The number of aromatic nitrogens is 2. The molecule has 1 saturated heterocycles. The third kappa shape index (κ3) is 3.93. The van der Waals surface area contributed by atoms with Gasteiger partial charge in [-0.15, -0.1) is 0 Å². The number of para-hydroxylation sites is 1. The highest BCUT2D eigenvalue weighted by molar-refractivity contribution is 7.80. The van der Waals surface area contributed by atoms with Crippen LogP contribution < -0.4 is 10.2 Å². The molecule has 5 rings (SSSR count). The molecular formula is C28H28N4S. The van der Waals surface area contributed by atoms with Crippen molar-refractivity contribution in [2.24, 2.45) is 0 Å². The average molecular weight is 453 g/mol. The smallest absolute Gasteiger partial charge is 0.174 e. The largest absolute Gasteiger partial charge is 0.351 e.